The minimum atomic E-state index is -3.55. The quantitative estimate of drug-likeness (QED) is 0.775. The van der Waals surface area contributed by atoms with E-state index in [-0.39, 0.29) is 11.1 Å². The van der Waals surface area contributed by atoms with Crippen molar-refractivity contribution in [2.45, 2.75) is 31.3 Å². The van der Waals surface area contributed by atoms with Crippen molar-refractivity contribution in [3.05, 3.63) is 12.0 Å². The van der Waals surface area contributed by atoms with Gasteiger partial charge in [0.15, 0.2) is 5.03 Å². The van der Waals surface area contributed by atoms with Crippen molar-refractivity contribution in [2.24, 2.45) is 0 Å². The van der Waals surface area contributed by atoms with Gasteiger partial charge < -0.3 is 4.98 Å². The van der Waals surface area contributed by atoms with Gasteiger partial charge in [0, 0.05) is 28.9 Å². The lowest BCUT2D eigenvalue weighted by Crippen LogP contribution is -2.33. The highest BCUT2D eigenvalue weighted by molar-refractivity contribution is 7.89. The summed E-state index contributed by atoms with van der Waals surface area (Å²) in [4.78, 5) is 6.51. The zero-order valence-corrected chi connectivity index (χ0v) is 11.7. The number of rotatable bonds is 6. The molecule has 1 aromatic rings. The molecule has 0 saturated heterocycles. The highest BCUT2D eigenvalue weighted by Crippen LogP contribution is 2.06. The second-order valence-corrected chi connectivity index (χ2v) is 7.16. The van der Waals surface area contributed by atoms with Crippen LogP contribution in [0.3, 0.4) is 0 Å². The van der Waals surface area contributed by atoms with Crippen molar-refractivity contribution >= 4 is 20.8 Å². The Balaban J connectivity index is 2.64. The largest absolute Gasteiger partial charge is 0.332 e. The fourth-order valence-electron chi connectivity index (χ4n) is 1.26. The van der Waals surface area contributed by atoms with Crippen LogP contribution in [0.25, 0.3) is 0 Å². The van der Waals surface area contributed by atoms with Gasteiger partial charge in [-0.05, 0) is 20.3 Å². The first-order chi connectivity index (χ1) is 7.81. The molecule has 1 aromatic heterocycles. The number of imidazole rings is 1. The number of aromatic nitrogens is 2. The Labute approximate surface area is 104 Å². The van der Waals surface area contributed by atoms with Crippen LogP contribution in [-0.2, 0) is 20.8 Å². The Kier molecular flexibility index (Phi) is 4.84. The van der Waals surface area contributed by atoms with Gasteiger partial charge in [0.05, 0.1) is 6.20 Å². The number of sulfonamides is 1. The van der Waals surface area contributed by atoms with Gasteiger partial charge in [0.2, 0.25) is 0 Å². The summed E-state index contributed by atoms with van der Waals surface area (Å²) >= 11 is 0. The lowest BCUT2D eigenvalue weighted by Gasteiger charge is -2.12. The molecule has 6 nitrogen and oxygen atoms in total. The van der Waals surface area contributed by atoms with Crippen molar-refractivity contribution in [1.82, 2.24) is 14.7 Å². The van der Waals surface area contributed by atoms with E-state index in [1.165, 1.54) is 6.20 Å². The highest BCUT2D eigenvalue weighted by atomic mass is 32.2. The third kappa shape index (κ3) is 4.57. The van der Waals surface area contributed by atoms with Crippen LogP contribution in [0.4, 0.5) is 0 Å². The smallest absolute Gasteiger partial charge is 0.257 e. The van der Waals surface area contributed by atoms with Gasteiger partial charge in [-0.15, -0.1) is 0 Å². The standard InChI is InChI=1S/C9H17N3O3S2/c1-7(4-5-16(3)13)12-17(14,15)9-6-10-8(2)11-9/h6-7,12H,4-5H2,1-3H3,(H,10,11). The van der Waals surface area contributed by atoms with Crippen LogP contribution >= 0.6 is 0 Å². The minimum Gasteiger partial charge on any atom is -0.332 e. The van der Waals surface area contributed by atoms with Gasteiger partial charge >= 0.3 is 0 Å². The Morgan fingerprint density at radius 3 is 2.71 bits per heavy atom. The topological polar surface area (TPSA) is 91.9 Å². The third-order valence-corrected chi connectivity index (χ3v) is 4.47. The Hall–Kier alpha value is -0.730. The summed E-state index contributed by atoms with van der Waals surface area (Å²) in [5.41, 5.74) is 0. The summed E-state index contributed by atoms with van der Waals surface area (Å²) in [6.45, 7) is 3.43. The van der Waals surface area contributed by atoms with E-state index in [0.29, 0.717) is 18.0 Å². The predicted octanol–water partition coefficient (Wildman–Crippen LogP) is 0.154. The Morgan fingerprint density at radius 2 is 2.24 bits per heavy atom. The molecule has 17 heavy (non-hydrogen) atoms. The van der Waals surface area contributed by atoms with Crippen LogP contribution in [0.2, 0.25) is 0 Å². The van der Waals surface area contributed by atoms with E-state index in [2.05, 4.69) is 14.7 Å². The molecular weight excluding hydrogens is 262 g/mol. The number of aryl methyl sites for hydroxylation is 1. The molecular formula is C9H17N3O3S2. The molecule has 2 unspecified atom stereocenters. The number of hydrogen-bond acceptors (Lipinski definition) is 4. The zero-order chi connectivity index (χ0) is 13.1. The van der Waals surface area contributed by atoms with Crippen LogP contribution in [-0.4, -0.2) is 40.6 Å². The van der Waals surface area contributed by atoms with E-state index in [4.69, 9.17) is 0 Å². The van der Waals surface area contributed by atoms with Crippen molar-refractivity contribution in [3.63, 3.8) is 0 Å². The number of H-pyrrole nitrogens is 1. The zero-order valence-electron chi connectivity index (χ0n) is 10.1. The van der Waals surface area contributed by atoms with Gasteiger partial charge in [0.1, 0.15) is 5.82 Å². The van der Waals surface area contributed by atoms with E-state index in [9.17, 15) is 12.6 Å². The van der Waals surface area contributed by atoms with E-state index >= 15 is 0 Å². The van der Waals surface area contributed by atoms with Crippen LogP contribution in [0.15, 0.2) is 11.2 Å². The van der Waals surface area contributed by atoms with Crippen molar-refractivity contribution in [1.29, 1.82) is 0 Å². The number of hydrogen-bond donors (Lipinski definition) is 2. The highest BCUT2D eigenvalue weighted by Gasteiger charge is 2.19. The van der Waals surface area contributed by atoms with Gasteiger partial charge in [-0.2, -0.15) is 0 Å². The first kappa shape index (κ1) is 14.3. The summed E-state index contributed by atoms with van der Waals surface area (Å²) in [5, 5.41) is 0.0551. The number of nitrogens with one attached hydrogen (secondary N) is 2. The molecule has 0 fully saturated rings. The van der Waals surface area contributed by atoms with E-state index in [1.54, 1.807) is 20.1 Å². The molecule has 98 valence electrons. The maximum Gasteiger partial charge on any atom is 0.257 e. The first-order valence-corrected chi connectivity index (χ1v) is 8.36. The molecule has 2 N–H and O–H groups in total. The molecule has 0 bridgehead atoms. The lowest BCUT2D eigenvalue weighted by molar-refractivity contribution is 0.553. The molecule has 2 atom stereocenters. The average Bonchev–Trinajstić information content (AvgIpc) is 2.62. The van der Waals surface area contributed by atoms with Gasteiger partial charge in [0.25, 0.3) is 10.0 Å². The molecule has 8 heteroatoms. The number of nitrogens with zero attached hydrogens (tertiary/aromatic N) is 1. The fourth-order valence-corrected chi connectivity index (χ4v) is 3.20. The van der Waals surface area contributed by atoms with Gasteiger partial charge in [-0.25, -0.2) is 18.1 Å². The lowest BCUT2D eigenvalue weighted by atomic mass is 10.3. The molecule has 0 aliphatic rings. The van der Waals surface area contributed by atoms with Crippen molar-refractivity contribution < 1.29 is 12.6 Å². The molecule has 0 aromatic carbocycles. The maximum atomic E-state index is 11.8. The van der Waals surface area contributed by atoms with Crippen LogP contribution in [0.1, 0.15) is 19.2 Å². The second-order valence-electron chi connectivity index (χ2n) is 3.92. The average molecular weight is 279 g/mol. The van der Waals surface area contributed by atoms with Crippen molar-refractivity contribution in [3.8, 4) is 0 Å². The molecule has 0 radical (unpaired) electrons. The molecule has 0 amide bonds. The summed E-state index contributed by atoms with van der Waals surface area (Å²) in [5.74, 6) is 1.03. The first-order valence-electron chi connectivity index (χ1n) is 5.15. The molecule has 1 heterocycles. The van der Waals surface area contributed by atoms with Gasteiger partial charge in [-0.3, -0.25) is 4.21 Å². The summed E-state index contributed by atoms with van der Waals surface area (Å²) in [7, 11) is -4.46. The predicted molar refractivity (Wildman–Crippen MR) is 66.7 cm³/mol. The van der Waals surface area contributed by atoms with E-state index in [0.717, 1.165) is 0 Å². The third-order valence-electron chi connectivity index (χ3n) is 2.16. The van der Waals surface area contributed by atoms with E-state index in [1.807, 2.05) is 0 Å². The number of aromatic amines is 1. The monoisotopic (exact) mass is 279 g/mol. The van der Waals surface area contributed by atoms with Gasteiger partial charge in [-0.1, -0.05) is 0 Å². The molecule has 0 saturated carbocycles. The minimum absolute atomic E-state index is 0.0551. The molecule has 0 spiro atoms. The Bertz CT molecular complexity index is 495. The molecule has 0 aliphatic heterocycles. The second kappa shape index (κ2) is 5.74. The van der Waals surface area contributed by atoms with Crippen LogP contribution in [0.5, 0.6) is 0 Å². The molecule has 1 rings (SSSR count). The van der Waals surface area contributed by atoms with Crippen molar-refractivity contribution in [2.75, 3.05) is 12.0 Å². The fraction of sp³-hybridized carbons (Fsp3) is 0.667. The SMILES string of the molecule is Cc1ncc(S(=O)(=O)NC(C)CCS(C)=O)[nH]1. The Morgan fingerprint density at radius 1 is 1.59 bits per heavy atom. The molecule has 0 aliphatic carbocycles. The van der Waals surface area contributed by atoms with E-state index < -0.39 is 20.8 Å². The van der Waals surface area contributed by atoms with Crippen LogP contribution in [0, 0.1) is 6.92 Å². The maximum absolute atomic E-state index is 11.8. The van der Waals surface area contributed by atoms with Crippen LogP contribution < -0.4 is 4.72 Å². The normalized spacial score (nSPS) is 15.7. The summed E-state index contributed by atoms with van der Waals surface area (Å²) in [6, 6.07) is -0.257. The summed E-state index contributed by atoms with van der Waals surface area (Å²) < 4.78 is 37.1. The summed E-state index contributed by atoms with van der Waals surface area (Å²) in [6.07, 6.45) is 3.41.